The van der Waals surface area contributed by atoms with E-state index in [4.69, 9.17) is 18.1 Å². The number of aromatic amines is 1. The minimum atomic E-state index is -3.29. The molecule has 6 nitrogen and oxygen atoms in total. The van der Waals surface area contributed by atoms with Gasteiger partial charge in [-0.1, -0.05) is 0 Å². The standard InChI is InChI=1S/C6H12N4O2S2/c1-6(2,14(3,11)12)4-8-9-5(13)10(4)7/h7H2,1-3H3,(H,9,13). The van der Waals surface area contributed by atoms with Crippen LogP contribution in [0.1, 0.15) is 19.7 Å². The Morgan fingerprint density at radius 1 is 1.57 bits per heavy atom. The van der Waals surface area contributed by atoms with Gasteiger partial charge >= 0.3 is 0 Å². The lowest BCUT2D eigenvalue weighted by Gasteiger charge is -2.20. The number of sulfone groups is 1. The molecule has 3 N–H and O–H groups in total. The number of nitrogen functional groups attached to an aromatic ring is 1. The Labute approximate surface area is 87.0 Å². The van der Waals surface area contributed by atoms with Crippen LogP contribution in [0.4, 0.5) is 0 Å². The zero-order valence-corrected chi connectivity index (χ0v) is 9.74. The minimum absolute atomic E-state index is 0.191. The summed E-state index contributed by atoms with van der Waals surface area (Å²) in [6, 6.07) is 0. The monoisotopic (exact) mass is 236 g/mol. The van der Waals surface area contributed by atoms with Gasteiger partial charge in [-0.15, -0.1) is 0 Å². The third kappa shape index (κ3) is 1.55. The van der Waals surface area contributed by atoms with Crippen LogP contribution in [-0.2, 0) is 14.6 Å². The fourth-order valence-electron chi connectivity index (χ4n) is 0.895. The first kappa shape index (κ1) is 11.2. The van der Waals surface area contributed by atoms with Crippen molar-refractivity contribution in [3.8, 4) is 0 Å². The van der Waals surface area contributed by atoms with Crippen LogP contribution in [0.2, 0.25) is 0 Å². The molecule has 1 heterocycles. The van der Waals surface area contributed by atoms with Crippen molar-refractivity contribution in [2.45, 2.75) is 18.6 Å². The number of rotatable bonds is 2. The summed E-state index contributed by atoms with van der Waals surface area (Å²) in [5.74, 6) is 5.74. The lowest BCUT2D eigenvalue weighted by Crippen LogP contribution is -2.33. The van der Waals surface area contributed by atoms with Gasteiger partial charge in [-0.3, -0.25) is 5.10 Å². The van der Waals surface area contributed by atoms with E-state index < -0.39 is 14.6 Å². The van der Waals surface area contributed by atoms with Gasteiger partial charge in [-0.05, 0) is 26.1 Å². The Balaban J connectivity index is 3.46. The van der Waals surface area contributed by atoms with Crippen molar-refractivity contribution in [1.29, 1.82) is 0 Å². The molecule has 1 aromatic heterocycles. The first-order valence-corrected chi connectivity index (χ1v) is 6.10. The molecule has 1 aromatic rings. The third-order valence-corrected chi connectivity index (χ3v) is 4.49. The summed E-state index contributed by atoms with van der Waals surface area (Å²) in [5.41, 5.74) is 0. The molecule has 80 valence electrons. The zero-order valence-electron chi connectivity index (χ0n) is 8.10. The van der Waals surface area contributed by atoms with Gasteiger partial charge in [-0.2, -0.15) is 5.10 Å². The van der Waals surface area contributed by atoms with Gasteiger partial charge in [0.25, 0.3) is 0 Å². The molecule has 0 aliphatic carbocycles. The first-order valence-electron chi connectivity index (χ1n) is 3.80. The van der Waals surface area contributed by atoms with Crippen LogP contribution in [-0.4, -0.2) is 29.5 Å². The molecule has 14 heavy (non-hydrogen) atoms. The Hall–Kier alpha value is -0.890. The van der Waals surface area contributed by atoms with Crippen LogP contribution >= 0.6 is 12.2 Å². The summed E-state index contributed by atoms with van der Waals surface area (Å²) in [4.78, 5) is 0. The second-order valence-corrected chi connectivity index (χ2v) is 6.46. The molecule has 0 bridgehead atoms. The molecule has 0 saturated carbocycles. The van der Waals surface area contributed by atoms with Crippen LogP contribution in [0.5, 0.6) is 0 Å². The molecule has 0 aromatic carbocycles. The van der Waals surface area contributed by atoms with E-state index in [9.17, 15) is 8.42 Å². The Kier molecular flexibility index (Phi) is 2.44. The van der Waals surface area contributed by atoms with E-state index in [1.807, 2.05) is 0 Å². The second kappa shape index (κ2) is 3.06. The average molecular weight is 236 g/mol. The first-order chi connectivity index (χ1) is 6.18. The average Bonchev–Trinajstić information content (AvgIpc) is 2.30. The minimum Gasteiger partial charge on any atom is -0.335 e. The molecular weight excluding hydrogens is 224 g/mol. The van der Waals surface area contributed by atoms with E-state index >= 15 is 0 Å². The number of aromatic nitrogens is 3. The highest BCUT2D eigenvalue weighted by Gasteiger charge is 2.37. The van der Waals surface area contributed by atoms with E-state index in [1.54, 1.807) is 0 Å². The van der Waals surface area contributed by atoms with Gasteiger partial charge in [0.05, 0.1) is 0 Å². The highest BCUT2D eigenvalue weighted by atomic mass is 32.2. The van der Waals surface area contributed by atoms with Crippen LogP contribution < -0.4 is 5.84 Å². The maximum absolute atomic E-state index is 11.5. The van der Waals surface area contributed by atoms with Crippen molar-refractivity contribution in [3.05, 3.63) is 10.6 Å². The predicted molar refractivity (Wildman–Crippen MR) is 55.4 cm³/mol. The Morgan fingerprint density at radius 2 is 2.07 bits per heavy atom. The predicted octanol–water partition coefficient (Wildman–Crippen LogP) is -0.0658. The molecule has 0 aliphatic rings. The molecule has 0 radical (unpaired) electrons. The fourth-order valence-corrected chi connectivity index (χ4v) is 1.50. The van der Waals surface area contributed by atoms with Gasteiger partial charge in [0.15, 0.2) is 15.7 Å². The highest BCUT2D eigenvalue weighted by molar-refractivity contribution is 7.91. The van der Waals surface area contributed by atoms with Crippen molar-refractivity contribution in [2.75, 3.05) is 12.1 Å². The molecule has 0 amide bonds. The lowest BCUT2D eigenvalue weighted by atomic mass is 10.2. The van der Waals surface area contributed by atoms with Gasteiger partial charge in [-0.25, -0.2) is 13.1 Å². The lowest BCUT2D eigenvalue weighted by molar-refractivity contribution is 0.543. The molecule has 0 saturated heterocycles. The van der Waals surface area contributed by atoms with Gasteiger partial charge in [0.2, 0.25) is 4.77 Å². The topological polar surface area (TPSA) is 93.8 Å². The van der Waals surface area contributed by atoms with Crippen molar-refractivity contribution < 1.29 is 8.42 Å². The maximum atomic E-state index is 11.5. The Bertz CT molecular complexity index is 496. The molecule has 0 atom stereocenters. The number of hydrogen-bond donors (Lipinski definition) is 2. The smallest absolute Gasteiger partial charge is 0.214 e. The number of hydrogen-bond acceptors (Lipinski definition) is 5. The number of nitrogens with one attached hydrogen (secondary N) is 1. The zero-order chi connectivity index (χ0) is 11.1. The summed E-state index contributed by atoms with van der Waals surface area (Å²) >= 11 is 4.79. The molecule has 0 unspecified atom stereocenters. The molecule has 0 aliphatic heterocycles. The van der Waals surface area contributed by atoms with E-state index in [-0.39, 0.29) is 10.6 Å². The summed E-state index contributed by atoms with van der Waals surface area (Å²) in [5, 5.41) is 6.24. The molecular formula is C6H12N4O2S2. The number of nitrogens with zero attached hydrogens (tertiary/aromatic N) is 2. The molecule has 1 rings (SSSR count). The Morgan fingerprint density at radius 3 is 2.36 bits per heavy atom. The second-order valence-electron chi connectivity index (χ2n) is 3.50. The van der Waals surface area contributed by atoms with Crippen LogP contribution in [0.25, 0.3) is 0 Å². The summed E-state index contributed by atoms with van der Waals surface area (Å²) < 4.78 is 23.0. The fraction of sp³-hybridized carbons (Fsp3) is 0.667. The molecule has 0 fully saturated rings. The number of H-pyrrole nitrogens is 1. The van der Waals surface area contributed by atoms with E-state index in [0.717, 1.165) is 10.9 Å². The summed E-state index contributed by atoms with van der Waals surface area (Å²) in [6.07, 6.45) is 1.13. The highest BCUT2D eigenvalue weighted by Crippen LogP contribution is 2.25. The molecule has 8 heteroatoms. The summed E-state index contributed by atoms with van der Waals surface area (Å²) in [7, 11) is -3.29. The van der Waals surface area contributed by atoms with E-state index in [1.165, 1.54) is 13.8 Å². The normalized spacial score (nSPS) is 13.1. The van der Waals surface area contributed by atoms with Gasteiger partial charge < -0.3 is 5.84 Å². The van der Waals surface area contributed by atoms with Crippen LogP contribution in [0.15, 0.2) is 0 Å². The quantitative estimate of drug-likeness (QED) is 0.554. The number of nitrogens with two attached hydrogens (primary N) is 1. The van der Waals surface area contributed by atoms with E-state index in [2.05, 4.69) is 10.2 Å². The van der Waals surface area contributed by atoms with Crippen LogP contribution in [0.3, 0.4) is 0 Å². The SMILES string of the molecule is CC(C)(c1n[nH]c(=S)n1N)S(C)(=O)=O. The van der Waals surface area contributed by atoms with Crippen LogP contribution in [0, 0.1) is 4.77 Å². The van der Waals surface area contributed by atoms with Crippen molar-refractivity contribution >= 4 is 22.1 Å². The van der Waals surface area contributed by atoms with Crippen molar-refractivity contribution in [3.63, 3.8) is 0 Å². The van der Waals surface area contributed by atoms with Gasteiger partial charge in [0, 0.05) is 6.26 Å². The van der Waals surface area contributed by atoms with Gasteiger partial charge in [0.1, 0.15) is 4.75 Å². The largest absolute Gasteiger partial charge is 0.335 e. The van der Waals surface area contributed by atoms with E-state index in [0.29, 0.717) is 0 Å². The molecule has 0 spiro atoms. The van der Waals surface area contributed by atoms with Crippen molar-refractivity contribution in [1.82, 2.24) is 14.9 Å². The maximum Gasteiger partial charge on any atom is 0.214 e. The third-order valence-electron chi connectivity index (χ3n) is 2.17. The summed E-state index contributed by atoms with van der Waals surface area (Å²) in [6.45, 7) is 3.05. The van der Waals surface area contributed by atoms with Crippen molar-refractivity contribution in [2.24, 2.45) is 0 Å².